The summed E-state index contributed by atoms with van der Waals surface area (Å²) < 4.78 is 36.1. The van der Waals surface area contributed by atoms with E-state index < -0.39 is 10.0 Å². The van der Waals surface area contributed by atoms with E-state index in [0.29, 0.717) is 37.1 Å². The molecule has 0 spiro atoms. The Morgan fingerprint density at radius 2 is 1.73 bits per heavy atom. The van der Waals surface area contributed by atoms with E-state index in [0.717, 1.165) is 22.4 Å². The molecular formula is C28H31N5O5S2. The summed E-state index contributed by atoms with van der Waals surface area (Å²) in [5, 5.41) is 17.2. The summed E-state index contributed by atoms with van der Waals surface area (Å²) in [6, 6.07) is 24.1. The summed E-state index contributed by atoms with van der Waals surface area (Å²) in [4.78, 5) is 12.5. The molecule has 40 heavy (non-hydrogen) atoms. The van der Waals surface area contributed by atoms with Crippen molar-refractivity contribution in [3.8, 4) is 16.9 Å². The zero-order valence-electron chi connectivity index (χ0n) is 22.0. The van der Waals surface area contributed by atoms with Gasteiger partial charge in [0.05, 0.1) is 17.3 Å². The standard InChI is InChI=1S/C28H31N5O5S2/c1-37-18-17-33-26(19-38-25-10-6-5-9-24(25)22-7-3-2-4-8-22)31-32-28(33)39-20-27(34)30-16-15-21-11-13-23(14-12-21)40(29,35)36/h2-14H,15-20H2,1H3,(H,30,34)(H2,29,35,36). The Labute approximate surface area is 238 Å². The predicted octanol–water partition coefficient (Wildman–Crippen LogP) is 3.27. The van der Waals surface area contributed by atoms with Crippen LogP contribution in [0.4, 0.5) is 0 Å². The number of hydrogen-bond acceptors (Lipinski definition) is 8. The number of para-hydroxylation sites is 1. The molecule has 0 aliphatic carbocycles. The van der Waals surface area contributed by atoms with Gasteiger partial charge in [-0.1, -0.05) is 72.4 Å². The number of nitrogens with one attached hydrogen (secondary N) is 1. The minimum Gasteiger partial charge on any atom is -0.485 e. The van der Waals surface area contributed by atoms with E-state index in [2.05, 4.69) is 15.5 Å². The number of carbonyl (C=O) groups is 1. The largest absolute Gasteiger partial charge is 0.485 e. The average molecular weight is 582 g/mol. The third kappa shape index (κ3) is 8.15. The van der Waals surface area contributed by atoms with E-state index in [1.807, 2.05) is 59.2 Å². The predicted molar refractivity (Wildman–Crippen MR) is 153 cm³/mol. The van der Waals surface area contributed by atoms with E-state index in [-0.39, 0.29) is 23.2 Å². The quantitative estimate of drug-likeness (QED) is 0.217. The van der Waals surface area contributed by atoms with Gasteiger partial charge in [-0.05, 0) is 35.7 Å². The Kier molecular flexibility index (Phi) is 10.3. The van der Waals surface area contributed by atoms with Crippen molar-refractivity contribution in [1.82, 2.24) is 20.1 Å². The van der Waals surface area contributed by atoms with Crippen LogP contribution < -0.4 is 15.2 Å². The van der Waals surface area contributed by atoms with Gasteiger partial charge in [0.15, 0.2) is 11.0 Å². The van der Waals surface area contributed by atoms with Gasteiger partial charge in [-0.25, -0.2) is 13.6 Å². The molecule has 10 nitrogen and oxygen atoms in total. The Balaban J connectivity index is 1.33. The SMILES string of the molecule is COCCn1c(COc2ccccc2-c2ccccc2)nnc1SCC(=O)NCCc1ccc(S(N)(=O)=O)cc1. The molecule has 0 saturated carbocycles. The summed E-state index contributed by atoms with van der Waals surface area (Å²) >= 11 is 1.28. The third-order valence-electron chi connectivity index (χ3n) is 5.96. The smallest absolute Gasteiger partial charge is 0.238 e. The second-order valence-electron chi connectivity index (χ2n) is 8.77. The molecule has 1 aromatic heterocycles. The van der Waals surface area contributed by atoms with Crippen LogP contribution in [-0.2, 0) is 39.1 Å². The molecule has 0 unspecified atom stereocenters. The molecule has 1 heterocycles. The minimum atomic E-state index is -3.73. The Morgan fingerprint density at radius 1 is 1.00 bits per heavy atom. The number of hydrogen-bond donors (Lipinski definition) is 2. The molecule has 210 valence electrons. The van der Waals surface area contributed by atoms with Crippen LogP contribution in [0.3, 0.4) is 0 Å². The normalized spacial score (nSPS) is 11.3. The first-order valence-electron chi connectivity index (χ1n) is 12.5. The zero-order chi connectivity index (χ0) is 28.4. The lowest BCUT2D eigenvalue weighted by molar-refractivity contribution is -0.118. The van der Waals surface area contributed by atoms with Gasteiger partial charge in [-0.2, -0.15) is 0 Å². The van der Waals surface area contributed by atoms with Gasteiger partial charge in [-0.3, -0.25) is 4.79 Å². The van der Waals surface area contributed by atoms with E-state index in [1.165, 1.54) is 23.9 Å². The number of amides is 1. The number of ether oxygens (including phenoxy) is 2. The van der Waals surface area contributed by atoms with Gasteiger partial charge in [0, 0.05) is 25.8 Å². The van der Waals surface area contributed by atoms with Gasteiger partial charge in [0.25, 0.3) is 0 Å². The van der Waals surface area contributed by atoms with Gasteiger partial charge in [0.1, 0.15) is 12.4 Å². The lowest BCUT2D eigenvalue weighted by Crippen LogP contribution is -2.27. The van der Waals surface area contributed by atoms with Gasteiger partial charge in [-0.15, -0.1) is 10.2 Å². The van der Waals surface area contributed by atoms with E-state index in [1.54, 1.807) is 19.2 Å². The maximum atomic E-state index is 12.5. The van der Waals surface area contributed by atoms with E-state index in [4.69, 9.17) is 14.6 Å². The molecule has 12 heteroatoms. The number of aromatic nitrogens is 3. The Hall–Kier alpha value is -3.71. The van der Waals surface area contributed by atoms with Crippen LogP contribution in [0.25, 0.3) is 11.1 Å². The molecule has 0 fully saturated rings. The molecule has 0 aliphatic heterocycles. The van der Waals surface area contributed by atoms with E-state index >= 15 is 0 Å². The number of rotatable bonds is 14. The Morgan fingerprint density at radius 3 is 2.45 bits per heavy atom. The fraction of sp³-hybridized carbons (Fsp3) is 0.250. The number of carbonyl (C=O) groups excluding carboxylic acids is 1. The molecule has 0 aliphatic rings. The molecule has 3 N–H and O–H groups in total. The van der Waals surface area contributed by atoms with Crippen molar-refractivity contribution in [2.45, 2.75) is 29.6 Å². The molecule has 3 aromatic carbocycles. The van der Waals surface area contributed by atoms with Crippen molar-refractivity contribution in [2.24, 2.45) is 5.14 Å². The highest BCUT2D eigenvalue weighted by Gasteiger charge is 2.16. The minimum absolute atomic E-state index is 0.0550. The zero-order valence-corrected chi connectivity index (χ0v) is 23.7. The second kappa shape index (κ2) is 14.1. The molecule has 0 atom stereocenters. The highest BCUT2D eigenvalue weighted by molar-refractivity contribution is 7.99. The molecule has 0 saturated heterocycles. The summed E-state index contributed by atoms with van der Waals surface area (Å²) in [6.45, 7) is 1.58. The van der Waals surface area contributed by atoms with Crippen LogP contribution in [0.1, 0.15) is 11.4 Å². The average Bonchev–Trinajstić information content (AvgIpc) is 3.35. The molecule has 1 amide bonds. The monoisotopic (exact) mass is 581 g/mol. The maximum Gasteiger partial charge on any atom is 0.238 e. The fourth-order valence-corrected chi connectivity index (χ4v) is 5.23. The Bertz CT molecular complexity index is 1510. The third-order valence-corrected chi connectivity index (χ3v) is 7.86. The van der Waals surface area contributed by atoms with Crippen LogP contribution in [0.15, 0.2) is 88.9 Å². The number of thioether (sulfide) groups is 1. The second-order valence-corrected chi connectivity index (χ2v) is 11.3. The first-order chi connectivity index (χ1) is 19.3. The molecule has 4 aromatic rings. The number of sulfonamides is 1. The molecule has 0 bridgehead atoms. The lowest BCUT2D eigenvalue weighted by Gasteiger charge is -2.13. The van der Waals surface area contributed by atoms with Gasteiger partial charge >= 0.3 is 0 Å². The summed E-state index contributed by atoms with van der Waals surface area (Å²) in [7, 11) is -2.10. The number of primary sulfonamides is 1. The van der Waals surface area contributed by atoms with Crippen molar-refractivity contribution in [3.05, 3.63) is 90.3 Å². The maximum absolute atomic E-state index is 12.5. The highest BCUT2D eigenvalue weighted by Crippen LogP contribution is 2.30. The molecule has 4 rings (SSSR count). The van der Waals surface area contributed by atoms with Crippen LogP contribution in [0, 0.1) is 0 Å². The first-order valence-corrected chi connectivity index (χ1v) is 15.1. The fourth-order valence-electron chi connectivity index (χ4n) is 3.90. The van der Waals surface area contributed by atoms with Gasteiger partial charge < -0.3 is 19.4 Å². The number of nitrogens with zero attached hydrogens (tertiary/aromatic N) is 3. The van der Waals surface area contributed by atoms with Crippen molar-refractivity contribution < 1.29 is 22.7 Å². The van der Waals surface area contributed by atoms with Crippen LogP contribution in [0.5, 0.6) is 5.75 Å². The number of benzene rings is 3. The van der Waals surface area contributed by atoms with Crippen molar-refractivity contribution in [1.29, 1.82) is 0 Å². The number of nitrogens with two attached hydrogens (primary N) is 1. The van der Waals surface area contributed by atoms with Crippen LogP contribution >= 0.6 is 11.8 Å². The van der Waals surface area contributed by atoms with Crippen molar-refractivity contribution in [2.75, 3.05) is 26.0 Å². The topological polar surface area (TPSA) is 138 Å². The summed E-state index contributed by atoms with van der Waals surface area (Å²) in [5.74, 6) is 1.38. The summed E-state index contributed by atoms with van der Waals surface area (Å²) in [5.41, 5.74) is 2.93. The number of methoxy groups -OCH3 is 1. The van der Waals surface area contributed by atoms with Crippen molar-refractivity contribution >= 4 is 27.7 Å². The molecular weight excluding hydrogens is 550 g/mol. The molecule has 0 radical (unpaired) electrons. The first kappa shape index (κ1) is 29.3. The van der Waals surface area contributed by atoms with Crippen LogP contribution in [-0.4, -0.2) is 55.1 Å². The van der Waals surface area contributed by atoms with Crippen molar-refractivity contribution in [3.63, 3.8) is 0 Å². The lowest BCUT2D eigenvalue weighted by atomic mass is 10.1. The van der Waals surface area contributed by atoms with E-state index in [9.17, 15) is 13.2 Å². The summed E-state index contributed by atoms with van der Waals surface area (Å²) in [6.07, 6.45) is 0.553. The van der Waals surface area contributed by atoms with Crippen LogP contribution in [0.2, 0.25) is 0 Å². The van der Waals surface area contributed by atoms with Gasteiger partial charge in [0.2, 0.25) is 15.9 Å². The highest BCUT2D eigenvalue weighted by atomic mass is 32.2.